The largest absolute Gasteiger partial charge is 0.462 e. The molecular formula is C17H17NO4S. The van der Waals surface area contributed by atoms with E-state index in [4.69, 9.17) is 4.74 Å². The molecule has 1 aromatic heterocycles. The minimum atomic E-state index is -0.495. The Bertz CT molecular complexity index is 721. The molecule has 2 rings (SSSR count). The van der Waals surface area contributed by atoms with Gasteiger partial charge in [-0.25, -0.2) is 4.79 Å². The third-order valence-electron chi connectivity index (χ3n) is 3.02. The predicted octanol–water partition coefficient (Wildman–Crippen LogP) is 3.51. The Balaban J connectivity index is 2.39. The number of rotatable bonds is 6. The summed E-state index contributed by atoms with van der Waals surface area (Å²) in [6.45, 7) is 3.31. The molecule has 1 aromatic carbocycles. The number of carbonyl (C=O) groups excluding carboxylic acids is 3. The number of ether oxygens (including phenoxy) is 1. The van der Waals surface area contributed by atoms with E-state index in [1.807, 2.05) is 30.3 Å². The van der Waals surface area contributed by atoms with Gasteiger partial charge in [-0.2, -0.15) is 0 Å². The van der Waals surface area contributed by atoms with Crippen LogP contribution >= 0.6 is 11.3 Å². The van der Waals surface area contributed by atoms with Crippen LogP contribution in [0.1, 0.15) is 30.6 Å². The standard InChI is InChI=1S/C17H17NO4S/c1-3-22-17(21)15-13(12-7-5-4-6-8-12)10-23-16(15)18-14(20)9-11(2)19/h4-8,10H,3,9H2,1-2H3,(H,18,20). The summed E-state index contributed by atoms with van der Waals surface area (Å²) < 4.78 is 5.10. The van der Waals surface area contributed by atoms with Crippen LogP contribution in [-0.4, -0.2) is 24.3 Å². The molecule has 0 aliphatic rings. The quantitative estimate of drug-likeness (QED) is 0.649. The fourth-order valence-corrected chi connectivity index (χ4v) is 3.06. The summed E-state index contributed by atoms with van der Waals surface area (Å²) >= 11 is 1.24. The summed E-state index contributed by atoms with van der Waals surface area (Å²) in [6, 6.07) is 9.39. The molecule has 5 nitrogen and oxygen atoms in total. The lowest BCUT2D eigenvalue weighted by Crippen LogP contribution is -2.16. The van der Waals surface area contributed by atoms with E-state index in [-0.39, 0.29) is 18.8 Å². The molecule has 0 aliphatic heterocycles. The number of hydrogen-bond acceptors (Lipinski definition) is 5. The van der Waals surface area contributed by atoms with Crippen molar-refractivity contribution in [2.75, 3.05) is 11.9 Å². The Kier molecular flexibility index (Phi) is 5.65. The predicted molar refractivity (Wildman–Crippen MR) is 89.6 cm³/mol. The fourth-order valence-electron chi connectivity index (χ4n) is 2.08. The van der Waals surface area contributed by atoms with Crippen molar-refractivity contribution in [3.05, 3.63) is 41.3 Å². The number of hydrogen-bond donors (Lipinski definition) is 1. The Morgan fingerprint density at radius 2 is 1.87 bits per heavy atom. The van der Waals surface area contributed by atoms with Gasteiger partial charge in [0.15, 0.2) is 0 Å². The molecule has 0 atom stereocenters. The molecule has 0 saturated heterocycles. The SMILES string of the molecule is CCOC(=O)c1c(-c2ccccc2)csc1NC(=O)CC(C)=O. The van der Waals surface area contributed by atoms with Crippen LogP contribution in [-0.2, 0) is 14.3 Å². The van der Waals surface area contributed by atoms with Crippen molar-refractivity contribution in [2.24, 2.45) is 0 Å². The number of benzene rings is 1. The van der Waals surface area contributed by atoms with Crippen LogP contribution < -0.4 is 5.32 Å². The van der Waals surface area contributed by atoms with E-state index in [0.29, 0.717) is 16.1 Å². The molecule has 0 bridgehead atoms. The monoisotopic (exact) mass is 331 g/mol. The van der Waals surface area contributed by atoms with Gasteiger partial charge in [-0.15, -0.1) is 11.3 Å². The van der Waals surface area contributed by atoms with Crippen LogP contribution in [0.25, 0.3) is 11.1 Å². The van der Waals surface area contributed by atoms with E-state index >= 15 is 0 Å². The first-order chi connectivity index (χ1) is 11.0. The van der Waals surface area contributed by atoms with Crippen LogP contribution in [0.3, 0.4) is 0 Å². The first-order valence-electron chi connectivity index (χ1n) is 7.16. The fraction of sp³-hybridized carbons (Fsp3) is 0.235. The highest BCUT2D eigenvalue weighted by Gasteiger charge is 2.22. The highest BCUT2D eigenvalue weighted by atomic mass is 32.1. The Morgan fingerprint density at radius 1 is 1.17 bits per heavy atom. The maximum Gasteiger partial charge on any atom is 0.341 e. The van der Waals surface area contributed by atoms with Gasteiger partial charge < -0.3 is 10.1 Å². The van der Waals surface area contributed by atoms with Gasteiger partial charge in [0.25, 0.3) is 0 Å². The molecule has 0 fully saturated rings. The summed E-state index contributed by atoms with van der Waals surface area (Å²) in [5.41, 5.74) is 1.88. The normalized spacial score (nSPS) is 10.2. The van der Waals surface area contributed by atoms with Gasteiger partial charge in [0, 0.05) is 10.9 Å². The molecule has 1 amide bonds. The van der Waals surface area contributed by atoms with Crippen molar-refractivity contribution < 1.29 is 19.1 Å². The second-order valence-electron chi connectivity index (χ2n) is 4.87. The highest BCUT2D eigenvalue weighted by molar-refractivity contribution is 7.15. The second-order valence-corrected chi connectivity index (χ2v) is 5.75. The molecule has 0 spiro atoms. The molecule has 1 N–H and O–H groups in total. The average Bonchev–Trinajstić information content (AvgIpc) is 2.91. The first kappa shape index (κ1) is 16.9. The van der Waals surface area contributed by atoms with E-state index < -0.39 is 11.9 Å². The van der Waals surface area contributed by atoms with Crippen molar-refractivity contribution in [2.45, 2.75) is 20.3 Å². The van der Waals surface area contributed by atoms with Crippen molar-refractivity contribution in [1.82, 2.24) is 0 Å². The molecule has 0 saturated carbocycles. The lowest BCUT2D eigenvalue weighted by molar-refractivity contribution is -0.124. The molecule has 1 heterocycles. The van der Waals surface area contributed by atoms with Crippen molar-refractivity contribution in [3.63, 3.8) is 0 Å². The maximum absolute atomic E-state index is 12.3. The van der Waals surface area contributed by atoms with E-state index in [2.05, 4.69) is 5.32 Å². The zero-order valence-corrected chi connectivity index (χ0v) is 13.7. The summed E-state index contributed by atoms with van der Waals surface area (Å²) in [5.74, 6) is -1.17. The second kappa shape index (κ2) is 7.69. The Labute approximate surface area is 138 Å². The molecule has 120 valence electrons. The van der Waals surface area contributed by atoms with Crippen molar-refractivity contribution >= 4 is 34.0 Å². The number of thiophene rings is 1. The number of anilines is 1. The Morgan fingerprint density at radius 3 is 2.48 bits per heavy atom. The van der Waals surface area contributed by atoms with Crippen molar-refractivity contribution in [3.8, 4) is 11.1 Å². The van der Waals surface area contributed by atoms with Gasteiger partial charge in [-0.05, 0) is 19.4 Å². The third kappa shape index (κ3) is 4.26. The van der Waals surface area contributed by atoms with Crippen molar-refractivity contribution in [1.29, 1.82) is 0 Å². The van der Waals surface area contributed by atoms with Gasteiger partial charge in [-0.3, -0.25) is 9.59 Å². The molecule has 23 heavy (non-hydrogen) atoms. The number of nitrogens with one attached hydrogen (secondary N) is 1. The van der Waals surface area contributed by atoms with E-state index in [1.165, 1.54) is 18.3 Å². The zero-order chi connectivity index (χ0) is 16.8. The van der Waals surface area contributed by atoms with Crippen LogP contribution in [0.15, 0.2) is 35.7 Å². The summed E-state index contributed by atoms with van der Waals surface area (Å²) in [4.78, 5) is 35.2. The number of amides is 1. The topological polar surface area (TPSA) is 72.5 Å². The molecule has 2 aromatic rings. The molecule has 0 radical (unpaired) electrons. The first-order valence-corrected chi connectivity index (χ1v) is 8.04. The summed E-state index contributed by atoms with van der Waals surface area (Å²) in [6.07, 6.45) is -0.221. The minimum absolute atomic E-state index is 0.221. The van der Waals surface area contributed by atoms with E-state index in [1.54, 1.807) is 12.3 Å². The number of Topliss-reactive ketones (excluding diaryl/α,β-unsaturated/α-hetero) is 1. The van der Waals surface area contributed by atoms with Crippen LogP contribution in [0, 0.1) is 0 Å². The lowest BCUT2D eigenvalue weighted by atomic mass is 10.0. The minimum Gasteiger partial charge on any atom is -0.462 e. The molecular weight excluding hydrogens is 314 g/mol. The molecule has 0 aliphatic carbocycles. The smallest absolute Gasteiger partial charge is 0.341 e. The van der Waals surface area contributed by atoms with Gasteiger partial charge in [0.2, 0.25) is 5.91 Å². The van der Waals surface area contributed by atoms with E-state index in [9.17, 15) is 14.4 Å². The van der Waals surface area contributed by atoms with Gasteiger partial charge in [-0.1, -0.05) is 30.3 Å². The van der Waals surface area contributed by atoms with Crippen LogP contribution in [0.4, 0.5) is 5.00 Å². The van der Waals surface area contributed by atoms with Crippen LogP contribution in [0.5, 0.6) is 0 Å². The molecule has 0 unspecified atom stereocenters. The lowest BCUT2D eigenvalue weighted by Gasteiger charge is -2.08. The van der Waals surface area contributed by atoms with Gasteiger partial charge in [0.1, 0.15) is 16.3 Å². The number of ketones is 1. The van der Waals surface area contributed by atoms with E-state index in [0.717, 1.165) is 5.56 Å². The van der Waals surface area contributed by atoms with Crippen LogP contribution in [0.2, 0.25) is 0 Å². The third-order valence-corrected chi connectivity index (χ3v) is 3.91. The highest BCUT2D eigenvalue weighted by Crippen LogP contribution is 2.36. The maximum atomic E-state index is 12.3. The Hall–Kier alpha value is -2.47. The van der Waals surface area contributed by atoms with Gasteiger partial charge in [0.05, 0.1) is 13.0 Å². The van der Waals surface area contributed by atoms with Gasteiger partial charge >= 0.3 is 5.97 Å². The molecule has 6 heteroatoms. The zero-order valence-electron chi connectivity index (χ0n) is 12.9. The number of esters is 1. The summed E-state index contributed by atoms with van der Waals surface area (Å²) in [5, 5.41) is 4.82. The number of carbonyl (C=O) groups is 3. The summed E-state index contributed by atoms with van der Waals surface area (Å²) in [7, 11) is 0. The average molecular weight is 331 g/mol.